The largest absolute Gasteiger partial charge is 0.464 e. The van der Waals surface area contributed by atoms with Crippen LogP contribution in [0.2, 0.25) is 0 Å². The molecule has 1 saturated heterocycles. The van der Waals surface area contributed by atoms with Crippen molar-refractivity contribution < 1.29 is 19.2 Å². The standard InChI is InChI=1S/C15H16N4O5/c1-23-15(20)12-14(18-6-8-24-9-7-18)17-13(16-12)10-2-4-11(5-3-10)19(21)22/h2-5H,6-9H2,1H3,(H,16,17). The molecule has 0 atom stereocenters. The van der Waals surface area contributed by atoms with Crippen LogP contribution in [0.4, 0.5) is 11.5 Å². The van der Waals surface area contributed by atoms with Crippen molar-refractivity contribution in [3.05, 3.63) is 40.1 Å². The molecule has 0 aliphatic carbocycles. The predicted octanol–water partition coefficient (Wildman–Crippen LogP) is 1.61. The number of non-ortho nitro benzene ring substituents is 1. The Bertz CT molecular complexity index is 750. The van der Waals surface area contributed by atoms with Gasteiger partial charge in [0.25, 0.3) is 5.69 Å². The van der Waals surface area contributed by atoms with Crippen molar-refractivity contribution in [1.29, 1.82) is 0 Å². The number of ether oxygens (including phenoxy) is 2. The third kappa shape index (κ3) is 3.06. The highest BCUT2D eigenvalue weighted by Gasteiger charge is 2.24. The van der Waals surface area contributed by atoms with Gasteiger partial charge in [0.15, 0.2) is 11.5 Å². The van der Waals surface area contributed by atoms with E-state index in [1.165, 1.54) is 19.2 Å². The summed E-state index contributed by atoms with van der Waals surface area (Å²) in [6.45, 7) is 2.35. The summed E-state index contributed by atoms with van der Waals surface area (Å²) < 4.78 is 10.1. The molecule has 1 aliphatic heterocycles. The first-order valence-corrected chi connectivity index (χ1v) is 7.36. The molecule has 9 nitrogen and oxygen atoms in total. The summed E-state index contributed by atoms with van der Waals surface area (Å²) in [5.41, 5.74) is 0.893. The van der Waals surface area contributed by atoms with E-state index in [4.69, 9.17) is 9.47 Å². The minimum atomic E-state index is -0.517. The van der Waals surface area contributed by atoms with E-state index in [0.29, 0.717) is 43.5 Å². The van der Waals surface area contributed by atoms with E-state index in [-0.39, 0.29) is 11.4 Å². The minimum absolute atomic E-state index is 0.00750. The number of nitrogens with zero attached hydrogens (tertiary/aromatic N) is 3. The smallest absolute Gasteiger partial charge is 0.358 e. The van der Waals surface area contributed by atoms with Gasteiger partial charge in [-0.3, -0.25) is 10.1 Å². The molecule has 9 heteroatoms. The Morgan fingerprint density at radius 3 is 2.58 bits per heavy atom. The van der Waals surface area contributed by atoms with Crippen molar-refractivity contribution in [2.75, 3.05) is 38.3 Å². The normalized spacial score (nSPS) is 14.5. The highest BCUT2D eigenvalue weighted by molar-refractivity contribution is 5.94. The summed E-state index contributed by atoms with van der Waals surface area (Å²) in [5.74, 6) is 0.433. The second-order valence-electron chi connectivity index (χ2n) is 5.18. The van der Waals surface area contributed by atoms with Gasteiger partial charge in [0, 0.05) is 30.8 Å². The molecule has 0 unspecified atom stereocenters. The minimum Gasteiger partial charge on any atom is -0.464 e. The Hall–Kier alpha value is -2.94. The van der Waals surface area contributed by atoms with E-state index in [1.807, 2.05) is 4.90 Å². The van der Waals surface area contributed by atoms with Crippen LogP contribution in [0.15, 0.2) is 24.3 Å². The maximum Gasteiger partial charge on any atom is 0.358 e. The Balaban J connectivity index is 1.97. The van der Waals surface area contributed by atoms with Gasteiger partial charge in [-0.2, -0.15) is 0 Å². The van der Waals surface area contributed by atoms with Crippen LogP contribution in [0, 0.1) is 10.1 Å². The Morgan fingerprint density at radius 2 is 2.00 bits per heavy atom. The average molecular weight is 332 g/mol. The number of rotatable bonds is 4. The number of nitrogens with one attached hydrogen (secondary N) is 1. The number of nitro benzene ring substituents is 1. The first kappa shape index (κ1) is 15.9. The average Bonchev–Trinajstić information content (AvgIpc) is 3.07. The summed E-state index contributed by atoms with van der Waals surface area (Å²) in [7, 11) is 1.30. The molecule has 126 valence electrons. The quantitative estimate of drug-likeness (QED) is 0.514. The number of morpholine rings is 1. The molecule has 1 N–H and O–H groups in total. The van der Waals surface area contributed by atoms with Crippen LogP contribution >= 0.6 is 0 Å². The number of esters is 1. The van der Waals surface area contributed by atoms with Gasteiger partial charge in [0.1, 0.15) is 5.82 Å². The van der Waals surface area contributed by atoms with E-state index in [9.17, 15) is 14.9 Å². The topological polar surface area (TPSA) is 111 Å². The second kappa shape index (κ2) is 6.67. The van der Waals surface area contributed by atoms with E-state index >= 15 is 0 Å². The zero-order valence-electron chi connectivity index (χ0n) is 13.0. The molecule has 1 fully saturated rings. The number of benzene rings is 1. The van der Waals surface area contributed by atoms with E-state index < -0.39 is 10.9 Å². The number of hydrogen-bond donors (Lipinski definition) is 1. The van der Waals surface area contributed by atoms with Crippen LogP contribution in [0.3, 0.4) is 0 Å². The molecule has 0 bridgehead atoms. The third-order valence-electron chi connectivity index (χ3n) is 3.74. The zero-order chi connectivity index (χ0) is 17.1. The fourth-order valence-electron chi connectivity index (χ4n) is 2.49. The Kier molecular flexibility index (Phi) is 4.43. The lowest BCUT2D eigenvalue weighted by molar-refractivity contribution is -0.384. The molecule has 0 saturated carbocycles. The van der Waals surface area contributed by atoms with Gasteiger partial charge < -0.3 is 19.4 Å². The summed E-state index contributed by atoms with van der Waals surface area (Å²) in [6, 6.07) is 5.95. The SMILES string of the molecule is COC(=O)c1[nH]c(-c2ccc([N+](=O)[O-])cc2)nc1N1CCOCC1. The number of carbonyl (C=O) groups excluding carboxylic acids is 1. The number of aromatic amines is 1. The van der Waals surface area contributed by atoms with Gasteiger partial charge in [-0.15, -0.1) is 0 Å². The second-order valence-corrected chi connectivity index (χ2v) is 5.18. The Labute approximate surface area is 137 Å². The maximum absolute atomic E-state index is 12.0. The van der Waals surface area contributed by atoms with Crippen molar-refractivity contribution in [3.8, 4) is 11.4 Å². The zero-order valence-corrected chi connectivity index (χ0v) is 13.0. The number of imidazole rings is 1. The van der Waals surface area contributed by atoms with Crippen LogP contribution in [0.1, 0.15) is 10.5 Å². The van der Waals surface area contributed by atoms with Crippen LogP contribution in [-0.2, 0) is 9.47 Å². The lowest BCUT2D eigenvalue weighted by Crippen LogP contribution is -2.37. The molecule has 1 aromatic carbocycles. The molecule has 1 aliphatic rings. The van der Waals surface area contributed by atoms with Crippen molar-refractivity contribution >= 4 is 17.5 Å². The molecule has 0 amide bonds. The number of carbonyl (C=O) groups is 1. The number of aromatic nitrogens is 2. The monoisotopic (exact) mass is 332 g/mol. The van der Waals surface area contributed by atoms with Gasteiger partial charge in [0.2, 0.25) is 0 Å². The number of anilines is 1. The molecule has 2 aromatic rings. The fraction of sp³-hybridized carbons (Fsp3) is 0.333. The van der Waals surface area contributed by atoms with E-state index in [1.54, 1.807) is 12.1 Å². The lowest BCUT2D eigenvalue weighted by atomic mass is 10.2. The van der Waals surface area contributed by atoms with Gasteiger partial charge >= 0.3 is 5.97 Å². The number of nitro groups is 1. The number of H-pyrrole nitrogens is 1. The summed E-state index contributed by atoms with van der Waals surface area (Å²) in [5, 5.41) is 10.7. The van der Waals surface area contributed by atoms with E-state index in [2.05, 4.69) is 9.97 Å². The summed E-state index contributed by atoms with van der Waals surface area (Å²) in [4.78, 5) is 31.7. The van der Waals surface area contributed by atoms with Gasteiger partial charge in [-0.25, -0.2) is 9.78 Å². The summed E-state index contributed by atoms with van der Waals surface area (Å²) in [6.07, 6.45) is 0. The van der Waals surface area contributed by atoms with Crippen molar-refractivity contribution in [2.24, 2.45) is 0 Å². The predicted molar refractivity (Wildman–Crippen MR) is 85.0 cm³/mol. The maximum atomic E-state index is 12.0. The molecule has 0 radical (unpaired) electrons. The van der Waals surface area contributed by atoms with Crippen molar-refractivity contribution in [1.82, 2.24) is 9.97 Å². The van der Waals surface area contributed by atoms with Crippen molar-refractivity contribution in [3.63, 3.8) is 0 Å². The van der Waals surface area contributed by atoms with Crippen LogP contribution in [0.25, 0.3) is 11.4 Å². The van der Waals surface area contributed by atoms with Gasteiger partial charge in [-0.05, 0) is 12.1 Å². The van der Waals surface area contributed by atoms with E-state index in [0.717, 1.165) is 0 Å². The molecule has 1 aromatic heterocycles. The Morgan fingerprint density at radius 1 is 1.33 bits per heavy atom. The lowest BCUT2D eigenvalue weighted by Gasteiger charge is -2.27. The van der Waals surface area contributed by atoms with Gasteiger partial charge in [-0.1, -0.05) is 0 Å². The van der Waals surface area contributed by atoms with Crippen LogP contribution in [0.5, 0.6) is 0 Å². The highest BCUT2D eigenvalue weighted by atomic mass is 16.6. The summed E-state index contributed by atoms with van der Waals surface area (Å²) >= 11 is 0. The molecule has 2 heterocycles. The molecular weight excluding hydrogens is 316 g/mol. The van der Waals surface area contributed by atoms with Crippen molar-refractivity contribution in [2.45, 2.75) is 0 Å². The third-order valence-corrected chi connectivity index (χ3v) is 3.74. The molecule has 24 heavy (non-hydrogen) atoms. The van der Waals surface area contributed by atoms with Crippen LogP contribution in [-0.4, -0.2) is 54.3 Å². The molecule has 0 spiro atoms. The van der Waals surface area contributed by atoms with Gasteiger partial charge in [0.05, 0.1) is 25.2 Å². The molecule has 3 rings (SSSR count). The van der Waals surface area contributed by atoms with Crippen LogP contribution < -0.4 is 4.90 Å². The number of hydrogen-bond acceptors (Lipinski definition) is 7. The fourth-order valence-corrected chi connectivity index (χ4v) is 2.49. The first-order chi connectivity index (χ1) is 11.6. The molecular formula is C15H16N4O5. The highest BCUT2D eigenvalue weighted by Crippen LogP contribution is 2.26. The number of methoxy groups -OCH3 is 1. The first-order valence-electron chi connectivity index (χ1n) is 7.36.